The van der Waals surface area contributed by atoms with Gasteiger partial charge in [-0.05, 0) is 13.0 Å². The first-order valence-corrected chi connectivity index (χ1v) is 4.34. The van der Waals surface area contributed by atoms with Crippen LogP contribution in [0.4, 0.5) is 5.69 Å². The normalized spacial score (nSPS) is 9.62. The number of ether oxygens (including phenoxy) is 1. The largest absolute Gasteiger partial charge is 0.495 e. The fourth-order valence-corrected chi connectivity index (χ4v) is 1.39. The molecular weight excluding hydrogens is 214 g/mol. The van der Waals surface area contributed by atoms with E-state index in [2.05, 4.69) is 0 Å². The molecule has 0 saturated heterocycles. The average Bonchev–Trinajstić information content (AvgIpc) is 2.26. The molecule has 6 heteroatoms. The maximum Gasteiger partial charge on any atom is 0.283 e. The Morgan fingerprint density at radius 2 is 2.12 bits per heavy atom. The number of carbonyl (C=O) groups excluding carboxylic acids is 2. The van der Waals surface area contributed by atoms with E-state index in [0.29, 0.717) is 6.29 Å². The van der Waals surface area contributed by atoms with Crippen molar-refractivity contribution >= 4 is 17.8 Å². The number of methoxy groups -OCH3 is 1. The SMILES string of the molecule is COc1c(C=O)ccc([N+](=O)[O-])c1C(C)=O. The van der Waals surface area contributed by atoms with Crippen LogP contribution in [0.25, 0.3) is 0 Å². The van der Waals surface area contributed by atoms with Crippen LogP contribution in [0.1, 0.15) is 27.6 Å². The molecule has 0 spiro atoms. The molecule has 0 aliphatic rings. The lowest BCUT2D eigenvalue weighted by Crippen LogP contribution is -2.05. The van der Waals surface area contributed by atoms with E-state index < -0.39 is 10.7 Å². The first-order valence-electron chi connectivity index (χ1n) is 4.34. The lowest BCUT2D eigenvalue weighted by Gasteiger charge is -2.08. The van der Waals surface area contributed by atoms with E-state index in [1.54, 1.807) is 0 Å². The summed E-state index contributed by atoms with van der Waals surface area (Å²) in [4.78, 5) is 32.0. The van der Waals surface area contributed by atoms with E-state index in [4.69, 9.17) is 4.74 Å². The van der Waals surface area contributed by atoms with Crippen molar-refractivity contribution < 1.29 is 19.2 Å². The monoisotopic (exact) mass is 223 g/mol. The molecule has 0 aromatic heterocycles. The van der Waals surface area contributed by atoms with Gasteiger partial charge >= 0.3 is 0 Å². The fourth-order valence-electron chi connectivity index (χ4n) is 1.39. The predicted octanol–water partition coefficient (Wildman–Crippen LogP) is 1.62. The Kier molecular flexibility index (Phi) is 3.34. The number of nitro benzene ring substituents is 1. The van der Waals surface area contributed by atoms with Crippen molar-refractivity contribution in [2.24, 2.45) is 0 Å². The zero-order valence-corrected chi connectivity index (χ0v) is 8.72. The van der Waals surface area contributed by atoms with Gasteiger partial charge in [-0.15, -0.1) is 0 Å². The van der Waals surface area contributed by atoms with Crippen LogP contribution in [0.2, 0.25) is 0 Å². The lowest BCUT2D eigenvalue weighted by atomic mass is 10.0. The summed E-state index contributed by atoms with van der Waals surface area (Å²) in [5.41, 5.74) is -0.439. The van der Waals surface area contributed by atoms with Gasteiger partial charge in [0.2, 0.25) is 0 Å². The molecule has 84 valence electrons. The highest BCUT2D eigenvalue weighted by molar-refractivity contribution is 6.03. The van der Waals surface area contributed by atoms with Crippen LogP contribution in [0, 0.1) is 10.1 Å². The number of hydrogen-bond acceptors (Lipinski definition) is 5. The molecule has 1 aromatic carbocycles. The number of ketones is 1. The summed E-state index contributed by atoms with van der Waals surface area (Å²) < 4.78 is 4.86. The Morgan fingerprint density at radius 1 is 1.50 bits per heavy atom. The van der Waals surface area contributed by atoms with Crippen molar-refractivity contribution in [1.29, 1.82) is 0 Å². The number of nitrogens with zero attached hydrogens (tertiary/aromatic N) is 1. The Hall–Kier alpha value is -2.24. The molecule has 0 atom stereocenters. The van der Waals surface area contributed by atoms with E-state index in [0.717, 1.165) is 6.07 Å². The van der Waals surface area contributed by atoms with Crippen molar-refractivity contribution in [2.45, 2.75) is 6.92 Å². The van der Waals surface area contributed by atoms with Crippen LogP contribution in [0.5, 0.6) is 5.75 Å². The first kappa shape index (κ1) is 11.8. The number of carbonyl (C=O) groups is 2. The van der Waals surface area contributed by atoms with Crippen molar-refractivity contribution in [3.63, 3.8) is 0 Å². The molecule has 0 heterocycles. The van der Waals surface area contributed by atoms with Crippen LogP contribution in [-0.4, -0.2) is 24.1 Å². The number of Topliss-reactive ketones (excluding diaryl/α,β-unsaturated/α-hetero) is 1. The molecule has 0 radical (unpaired) electrons. The van der Waals surface area contributed by atoms with Gasteiger partial charge in [0.05, 0.1) is 17.6 Å². The lowest BCUT2D eigenvalue weighted by molar-refractivity contribution is -0.385. The Balaban J connectivity index is 3.63. The third kappa shape index (κ3) is 1.90. The summed E-state index contributed by atoms with van der Waals surface area (Å²) in [6.45, 7) is 1.18. The van der Waals surface area contributed by atoms with Crippen molar-refractivity contribution in [1.82, 2.24) is 0 Å². The van der Waals surface area contributed by atoms with Gasteiger partial charge in [0, 0.05) is 6.07 Å². The molecular formula is C10H9NO5. The third-order valence-corrected chi connectivity index (χ3v) is 2.05. The first-order chi connectivity index (χ1) is 7.52. The zero-order valence-electron chi connectivity index (χ0n) is 8.72. The number of rotatable bonds is 4. The van der Waals surface area contributed by atoms with E-state index in [1.807, 2.05) is 0 Å². The van der Waals surface area contributed by atoms with Gasteiger partial charge in [-0.25, -0.2) is 0 Å². The second-order valence-electron chi connectivity index (χ2n) is 3.01. The van der Waals surface area contributed by atoms with Gasteiger partial charge in [0.15, 0.2) is 12.1 Å². The maximum absolute atomic E-state index is 11.3. The summed E-state index contributed by atoms with van der Waals surface area (Å²) in [5.74, 6) is -0.580. The molecule has 1 rings (SSSR count). The van der Waals surface area contributed by atoms with E-state index in [9.17, 15) is 19.7 Å². The summed E-state index contributed by atoms with van der Waals surface area (Å²) >= 11 is 0. The van der Waals surface area contributed by atoms with E-state index in [-0.39, 0.29) is 22.6 Å². The molecule has 0 N–H and O–H groups in total. The minimum Gasteiger partial charge on any atom is -0.495 e. The second-order valence-corrected chi connectivity index (χ2v) is 3.01. The fraction of sp³-hybridized carbons (Fsp3) is 0.200. The minimum absolute atomic E-state index is 0.0586. The molecule has 16 heavy (non-hydrogen) atoms. The number of benzene rings is 1. The summed E-state index contributed by atoms with van der Waals surface area (Å²) in [6, 6.07) is 2.36. The molecule has 6 nitrogen and oxygen atoms in total. The average molecular weight is 223 g/mol. The van der Waals surface area contributed by atoms with E-state index >= 15 is 0 Å². The third-order valence-electron chi connectivity index (χ3n) is 2.05. The maximum atomic E-state index is 11.3. The highest BCUT2D eigenvalue weighted by Crippen LogP contribution is 2.31. The number of aldehydes is 1. The topological polar surface area (TPSA) is 86.5 Å². The standard InChI is InChI=1S/C10H9NO5/c1-6(13)9-8(11(14)15)4-3-7(5-12)10(9)16-2/h3-5H,1-2H3. The van der Waals surface area contributed by atoms with E-state index in [1.165, 1.54) is 20.1 Å². The Bertz CT molecular complexity index is 467. The van der Waals surface area contributed by atoms with Crippen LogP contribution < -0.4 is 4.74 Å². The van der Waals surface area contributed by atoms with Crippen molar-refractivity contribution in [3.8, 4) is 5.75 Å². The summed E-state index contributed by atoms with van der Waals surface area (Å²) in [5, 5.41) is 10.7. The van der Waals surface area contributed by atoms with Crippen molar-refractivity contribution in [3.05, 3.63) is 33.4 Å². The van der Waals surface area contributed by atoms with Gasteiger partial charge in [-0.2, -0.15) is 0 Å². The molecule has 0 aliphatic heterocycles. The Labute approximate surface area is 91.0 Å². The Morgan fingerprint density at radius 3 is 2.50 bits per heavy atom. The van der Waals surface area contributed by atoms with Crippen LogP contribution in [0.3, 0.4) is 0 Å². The predicted molar refractivity (Wildman–Crippen MR) is 55.0 cm³/mol. The summed E-state index contributed by atoms with van der Waals surface area (Å²) in [6.07, 6.45) is 0.481. The molecule has 0 aliphatic carbocycles. The minimum atomic E-state index is -0.687. The highest BCUT2D eigenvalue weighted by Gasteiger charge is 2.24. The van der Waals surface area contributed by atoms with Crippen LogP contribution in [0.15, 0.2) is 12.1 Å². The van der Waals surface area contributed by atoms with Gasteiger partial charge < -0.3 is 4.74 Å². The number of nitro groups is 1. The molecule has 0 unspecified atom stereocenters. The second kappa shape index (κ2) is 4.52. The molecule has 0 saturated carbocycles. The summed E-state index contributed by atoms with van der Waals surface area (Å²) in [7, 11) is 1.25. The smallest absolute Gasteiger partial charge is 0.283 e. The van der Waals surface area contributed by atoms with Gasteiger partial charge in [0.1, 0.15) is 11.3 Å². The molecule has 0 fully saturated rings. The van der Waals surface area contributed by atoms with Crippen LogP contribution >= 0.6 is 0 Å². The van der Waals surface area contributed by atoms with Gasteiger partial charge in [-0.3, -0.25) is 19.7 Å². The number of hydrogen-bond donors (Lipinski definition) is 0. The van der Waals surface area contributed by atoms with Gasteiger partial charge in [0.25, 0.3) is 5.69 Å². The van der Waals surface area contributed by atoms with Crippen molar-refractivity contribution in [2.75, 3.05) is 7.11 Å². The quantitative estimate of drug-likeness (QED) is 0.335. The van der Waals surface area contributed by atoms with Crippen LogP contribution in [-0.2, 0) is 0 Å². The molecule has 0 bridgehead atoms. The van der Waals surface area contributed by atoms with Gasteiger partial charge in [-0.1, -0.05) is 0 Å². The molecule has 0 amide bonds. The highest BCUT2D eigenvalue weighted by atomic mass is 16.6. The molecule has 1 aromatic rings. The zero-order chi connectivity index (χ0) is 12.3.